The average Bonchev–Trinajstić information content (AvgIpc) is 2.70. The van der Waals surface area contributed by atoms with E-state index in [1.54, 1.807) is 0 Å². The Morgan fingerprint density at radius 3 is 1.96 bits per heavy atom. The smallest absolute Gasteiger partial charge is 0.227 e. The van der Waals surface area contributed by atoms with Crippen LogP contribution in [0.25, 0.3) is 0 Å². The Morgan fingerprint density at radius 2 is 1.48 bits per heavy atom. The number of carbonyl (C=O) groups excluding carboxylic acids is 2. The molecule has 1 unspecified atom stereocenters. The first-order valence-corrected chi connectivity index (χ1v) is 10.4. The second-order valence-electron chi connectivity index (χ2n) is 7.57. The van der Waals surface area contributed by atoms with Crippen LogP contribution in [0, 0.1) is 11.8 Å². The van der Waals surface area contributed by atoms with Crippen LogP contribution >= 0.6 is 0 Å². The van der Waals surface area contributed by atoms with E-state index in [9.17, 15) is 9.59 Å². The summed E-state index contributed by atoms with van der Waals surface area (Å²) in [5, 5.41) is 6.10. The summed E-state index contributed by atoms with van der Waals surface area (Å²) < 4.78 is 0. The van der Waals surface area contributed by atoms with Gasteiger partial charge in [0.1, 0.15) is 0 Å². The fourth-order valence-electron chi connectivity index (χ4n) is 3.67. The molecule has 150 valence electrons. The molecule has 0 aliphatic heterocycles. The van der Waals surface area contributed by atoms with Crippen LogP contribution in [0.1, 0.15) is 59.8 Å². The van der Waals surface area contributed by atoms with Crippen molar-refractivity contribution in [2.24, 2.45) is 11.8 Å². The molecule has 2 N–H and O–H groups in total. The van der Waals surface area contributed by atoms with Gasteiger partial charge in [0.15, 0.2) is 0 Å². The fourth-order valence-corrected chi connectivity index (χ4v) is 3.67. The predicted molar refractivity (Wildman–Crippen MR) is 112 cm³/mol. The molecule has 27 heavy (non-hydrogen) atoms. The van der Waals surface area contributed by atoms with Crippen molar-refractivity contribution in [1.29, 1.82) is 0 Å². The molecule has 5 nitrogen and oxygen atoms in total. The maximum atomic E-state index is 12.6. The summed E-state index contributed by atoms with van der Waals surface area (Å²) in [6.07, 6.45) is 4.09. The zero-order chi connectivity index (χ0) is 19.8. The molecule has 0 bridgehead atoms. The monoisotopic (exact) mass is 373 g/mol. The van der Waals surface area contributed by atoms with Crippen LogP contribution < -0.4 is 15.5 Å². The van der Waals surface area contributed by atoms with Crippen molar-refractivity contribution in [3.05, 3.63) is 24.3 Å². The molecule has 2 amide bonds. The Bertz CT molecular complexity index is 602. The molecule has 0 spiro atoms. The van der Waals surface area contributed by atoms with Crippen molar-refractivity contribution in [1.82, 2.24) is 5.32 Å². The predicted octanol–water partition coefficient (Wildman–Crippen LogP) is 4.19. The van der Waals surface area contributed by atoms with E-state index < -0.39 is 0 Å². The van der Waals surface area contributed by atoms with E-state index >= 15 is 0 Å². The number of benzene rings is 1. The molecule has 1 saturated carbocycles. The number of hydrogen-bond donors (Lipinski definition) is 2. The summed E-state index contributed by atoms with van der Waals surface area (Å²) in [4.78, 5) is 27.1. The third-order valence-electron chi connectivity index (χ3n) is 5.73. The van der Waals surface area contributed by atoms with Gasteiger partial charge in [-0.05, 0) is 77.1 Å². The third-order valence-corrected chi connectivity index (χ3v) is 5.73. The summed E-state index contributed by atoms with van der Waals surface area (Å²) in [6, 6.07) is 8.27. The minimum Gasteiger partial charge on any atom is -0.372 e. The number of rotatable bonds is 8. The first-order valence-electron chi connectivity index (χ1n) is 10.4. The molecule has 0 aromatic heterocycles. The Labute approximate surface area is 163 Å². The Balaban J connectivity index is 1.83. The summed E-state index contributed by atoms with van der Waals surface area (Å²) >= 11 is 0. The van der Waals surface area contributed by atoms with E-state index in [1.165, 1.54) is 5.69 Å². The Morgan fingerprint density at radius 1 is 0.963 bits per heavy atom. The quantitative estimate of drug-likeness (QED) is 0.718. The maximum absolute atomic E-state index is 12.6. The van der Waals surface area contributed by atoms with E-state index in [2.05, 4.69) is 48.4 Å². The summed E-state index contributed by atoms with van der Waals surface area (Å²) in [7, 11) is 0. The third kappa shape index (κ3) is 5.98. The SMILES string of the molecule is CCC(C)NC(=O)C1CCC(C(=O)Nc2ccc(N(CC)CC)cc2)CC1. The molecule has 1 aliphatic carbocycles. The van der Waals surface area contributed by atoms with Gasteiger partial charge in [0, 0.05) is 42.3 Å². The number of nitrogens with zero attached hydrogens (tertiary/aromatic N) is 1. The number of nitrogens with one attached hydrogen (secondary N) is 2. The Kier molecular flexibility index (Phi) is 8.14. The van der Waals surface area contributed by atoms with Gasteiger partial charge in [0.05, 0.1) is 0 Å². The number of hydrogen-bond acceptors (Lipinski definition) is 3. The van der Waals surface area contributed by atoms with Crippen molar-refractivity contribution in [3.63, 3.8) is 0 Å². The molecule has 0 saturated heterocycles. The average molecular weight is 374 g/mol. The molecule has 2 rings (SSSR count). The second-order valence-corrected chi connectivity index (χ2v) is 7.57. The molecule has 1 aromatic rings. The maximum Gasteiger partial charge on any atom is 0.227 e. The lowest BCUT2D eigenvalue weighted by molar-refractivity contribution is -0.129. The van der Waals surface area contributed by atoms with Crippen LogP contribution in [0.15, 0.2) is 24.3 Å². The van der Waals surface area contributed by atoms with Gasteiger partial charge < -0.3 is 15.5 Å². The highest BCUT2D eigenvalue weighted by atomic mass is 16.2. The van der Waals surface area contributed by atoms with Gasteiger partial charge in [0.2, 0.25) is 11.8 Å². The lowest BCUT2D eigenvalue weighted by Gasteiger charge is -2.28. The minimum atomic E-state index is 0.0000993. The van der Waals surface area contributed by atoms with Crippen LogP contribution in [-0.2, 0) is 9.59 Å². The molecule has 1 fully saturated rings. The highest BCUT2D eigenvalue weighted by Crippen LogP contribution is 2.30. The van der Waals surface area contributed by atoms with Gasteiger partial charge in [-0.2, -0.15) is 0 Å². The van der Waals surface area contributed by atoms with Crippen molar-refractivity contribution < 1.29 is 9.59 Å². The fraction of sp³-hybridized carbons (Fsp3) is 0.636. The topological polar surface area (TPSA) is 61.4 Å². The van der Waals surface area contributed by atoms with E-state index in [4.69, 9.17) is 0 Å². The van der Waals surface area contributed by atoms with E-state index in [-0.39, 0.29) is 29.7 Å². The molecule has 0 heterocycles. The highest BCUT2D eigenvalue weighted by Gasteiger charge is 2.30. The molecule has 1 aromatic carbocycles. The minimum absolute atomic E-state index is 0.0000993. The van der Waals surface area contributed by atoms with Crippen LogP contribution in [0.2, 0.25) is 0 Å². The van der Waals surface area contributed by atoms with E-state index in [0.717, 1.165) is 50.9 Å². The van der Waals surface area contributed by atoms with Crippen molar-refractivity contribution in [2.75, 3.05) is 23.3 Å². The van der Waals surface area contributed by atoms with Gasteiger partial charge in [-0.3, -0.25) is 9.59 Å². The molecule has 0 radical (unpaired) electrons. The van der Waals surface area contributed by atoms with Gasteiger partial charge in [-0.15, -0.1) is 0 Å². The normalized spacial score (nSPS) is 20.6. The van der Waals surface area contributed by atoms with E-state index in [1.807, 2.05) is 19.1 Å². The molecular weight excluding hydrogens is 338 g/mol. The first-order chi connectivity index (χ1) is 13.0. The number of anilines is 2. The zero-order valence-electron chi connectivity index (χ0n) is 17.3. The van der Waals surface area contributed by atoms with Crippen LogP contribution in [0.5, 0.6) is 0 Å². The van der Waals surface area contributed by atoms with Crippen molar-refractivity contribution >= 4 is 23.2 Å². The zero-order valence-corrected chi connectivity index (χ0v) is 17.3. The number of amides is 2. The lowest BCUT2D eigenvalue weighted by Crippen LogP contribution is -2.39. The molecule has 1 atom stereocenters. The first kappa shape index (κ1) is 21.3. The van der Waals surface area contributed by atoms with Crippen LogP contribution in [-0.4, -0.2) is 30.9 Å². The summed E-state index contributed by atoms with van der Waals surface area (Å²) in [5.41, 5.74) is 2.01. The Hall–Kier alpha value is -2.04. The van der Waals surface area contributed by atoms with Crippen molar-refractivity contribution in [3.8, 4) is 0 Å². The lowest BCUT2D eigenvalue weighted by atomic mass is 9.81. The van der Waals surface area contributed by atoms with Crippen LogP contribution in [0.3, 0.4) is 0 Å². The van der Waals surface area contributed by atoms with Gasteiger partial charge in [-0.1, -0.05) is 6.92 Å². The highest BCUT2D eigenvalue weighted by molar-refractivity contribution is 5.93. The molecular formula is C22H35N3O2. The number of carbonyl (C=O) groups is 2. The van der Waals surface area contributed by atoms with Gasteiger partial charge in [-0.25, -0.2) is 0 Å². The van der Waals surface area contributed by atoms with E-state index in [0.29, 0.717) is 0 Å². The van der Waals surface area contributed by atoms with Gasteiger partial charge >= 0.3 is 0 Å². The van der Waals surface area contributed by atoms with Crippen LogP contribution in [0.4, 0.5) is 11.4 Å². The van der Waals surface area contributed by atoms with Gasteiger partial charge in [0.25, 0.3) is 0 Å². The molecule has 5 heteroatoms. The summed E-state index contributed by atoms with van der Waals surface area (Å²) in [6.45, 7) is 10.3. The summed E-state index contributed by atoms with van der Waals surface area (Å²) in [5.74, 6) is 0.276. The largest absolute Gasteiger partial charge is 0.372 e. The van der Waals surface area contributed by atoms with Crippen molar-refractivity contribution in [2.45, 2.75) is 65.8 Å². The standard InChI is InChI=1S/C22H35N3O2/c1-5-16(4)23-21(26)17-8-10-18(11-9-17)22(27)24-19-12-14-20(15-13-19)25(6-2)7-3/h12-18H,5-11H2,1-4H3,(H,23,26)(H,24,27). The second kappa shape index (κ2) is 10.3. The molecule has 1 aliphatic rings.